The zero-order valence-corrected chi connectivity index (χ0v) is 22.2. The number of nitrogens with zero attached hydrogens (tertiary/aromatic N) is 4. The molecule has 1 aliphatic heterocycles. The summed E-state index contributed by atoms with van der Waals surface area (Å²) in [5.41, 5.74) is 1.56. The van der Waals surface area contributed by atoms with Crippen molar-refractivity contribution in [2.24, 2.45) is 0 Å². The van der Waals surface area contributed by atoms with Crippen molar-refractivity contribution < 1.29 is 17.9 Å². The van der Waals surface area contributed by atoms with Gasteiger partial charge in [-0.05, 0) is 38.7 Å². The van der Waals surface area contributed by atoms with Crippen LogP contribution in [0.4, 0.5) is 4.79 Å². The van der Waals surface area contributed by atoms with Crippen LogP contribution in [0.15, 0.2) is 24.3 Å². The molecule has 2 heterocycles. The summed E-state index contributed by atoms with van der Waals surface area (Å²) in [7, 11) is -3.24. The van der Waals surface area contributed by atoms with E-state index in [0.29, 0.717) is 31.3 Å². The van der Waals surface area contributed by atoms with E-state index in [9.17, 15) is 13.2 Å². The summed E-state index contributed by atoms with van der Waals surface area (Å²) in [6.45, 7) is 14.9. The molecule has 1 aliphatic rings. The van der Waals surface area contributed by atoms with Gasteiger partial charge in [-0.2, -0.15) is 5.10 Å². The molecule has 1 aromatic heterocycles. The maximum absolute atomic E-state index is 12.1. The van der Waals surface area contributed by atoms with E-state index in [-0.39, 0.29) is 17.4 Å². The summed E-state index contributed by atoms with van der Waals surface area (Å²) in [6, 6.07) is 7.98. The minimum atomic E-state index is -3.24. The zero-order chi connectivity index (χ0) is 25.5. The second-order valence-corrected chi connectivity index (χ2v) is 13.1. The monoisotopic (exact) mass is 491 g/mol. The van der Waals surface area contributed by atoms with Crippen molar-refractivity contribution >= 4 is 16.1 Å². The topological polar surface area (TPSA) is 106 Å². The quantitative estimate of drug-likeness (QED) is 0.661. The van der Waals surface area contributed by atoms with Crippen LogP contribution in [0.1, 0.15) is 71.8 Å². The first-order valence-corrected chi connectivity index (χ1v) is 13.4. The summed E-state index contributed by atoms with van der Waals surface area (Å²) in [4.78, 5) is 16.9. The number of sulfonamides is 1. The van der Waals surface area contributed by atoms with Gasteiger partial charge >= 0.3 is 6.09 Å². The largest absolute Gasteiger partial charge is 0.444 e. The first-order valence-electron chi connectivity index (χ1n) is 11.5. The predicted molar refractivity (Wildman–Crippen MR) is 132 cm³/mol. The molecule has 0 saturated carbocycles. The van der Waals surface area contributed by atoms with Gasteiger partial charge in [0.2, 0.25) is 10.0 Å². The molecule has 10 heteroatoms. The first kappa shape index (κ1) is 26.2. The minimum Gasteiger partial charge on any atom is -0.444 e. The minimum absolute atomic E-state index is 0.0410. The Morgan fingerprint density at radius 3 is 2.24 bits per heavy atom. The standard InChI is InChI=1S/C24H37N5O4S/c1-16(13-25-22(30)33-24(5,6)7)29-21(18-14-28(15-18)34(8,31)32)26-20(27-29)17-9-11-19(12-10-17)23(2,3)4/h9-12,16,18H,13-15H2,1-8H3,(H,25,30). The van der Waals surface area contributed by atoms with E-state index in [1.807, 2.05) is 39.8 Å². The van der Waals surface area contributed by atoms with E-state index in [2.05, 4.69) is 38.2 Å². The number of hydrogen-bond acceptors (Lipinski definition) is 6. The van der Waals surface area contributed by atoms with Crippen LogP contribution in [0.25, 0.3) is 11.4 Å². The Hall–Kier alpha value is -2.46. The Kier molecular flexibility index (Phi) is 7.15. The molecule has 3 rings (SSSR count). The highest BCUT2D eigenvalue weighted by atomic mass is 32.2. The molecule has 2 aromatic rings. The maximum Gasteiger partial charge on any atom is 0.407 e. The zero-order valence-electron chi connectivity index (χ0n) is 21.4. The second-order valence-electron chi connectivity index (χ2n) is 11.1. The van der Waals surface area contributed by atoms with Crippen LogP contribution in [0, 0.1) is 0 Å². The molecule has 1 amide bonds. The molecule has 1 fully saturated rings. The van der Waals surface area contributed by atoms with Crippen molar-refractivity contribution in [2.75, 3.05) is 25.9 Å². The average Bonchev–Trinajstić information content (AvgIpc) is 3.06. The van der Waals surface area contributed by atoms with E-state index in [1.54, 1.807) is 4.68 Å². The second kappa shape index (κ2) is 9.30. The van der Waals surface area contributed by atoms with Crippen LogP contribution >= 0.6 is 0 Å². The van der Waals surface area contributed by atoms with E-state index < -0.39 is 21.7 Å². The number of ether oxygens (including phenoxy) is 1. The highest BCUT2D eigenvalue weighted by Gasteiger charge is 2.38. The van der Waals surface area contributed by atoms with Crippen LogP contribution in [0.3, 0.4) is 0 Å². The highest BCUT2D eigenvalue weighted by Crippen LogP contribution is 2.31. The molecule has 1 saturated heterocycles. The van der Waals surface area contributed by atoms with Crippen molar-refractivity contribution in [1.29, 1.82) is 0 Å². The summed E-state index contributed by atoms with van der Waals surface area (Å²) >= 11 is 0. The third kappa shape index (κ3) is 6.35. The summed E-state index contributed by atoms with van der Waals surface area (Å²) in [5.74, 6) is 1.24. The van der Waals surface area contributed by atoms with Crippen LogP contribution in [-0.2, 0) is 20.2 Å². The molecule has 0 radical (unpaired) electrons. The number of hydrogen-bond donors (Lipinski definition) is 1. The molecule has 1 aromatic carbocycles. The van der Waals surface area contributed by atoms with Crippen molar-refractivity contribution in [3.05, 3.63) is 35.7 Å². The van der Waals surface area contributed by atoms with Gasteiger partial charge in [0.25, 0.3) is 0 Å². The van der Waals surface area contributed by atoms with Crippen LogP contribution in [-0.4, -0.2) is 65.1 Å². The number of carbonyl (C=O) groups is 1. The Labute approximate surface area is 202 Å². The van der Waals surface area contributed by atoms with Crippen LogP contribution in [0.2, 0.25) is 0 Å². The van der Waals surface area contributed by atoms with Crippen molar-refractivity contribution in [3.8, 4) is 11.4 Å². The van der Waals surface area contributed by atoms with Crippen molar-refractivity contribution in [3.63, 3.8) is 0 Å². The lowest BCUT2D eigenvalue weighted by Crippen LogP contribution is -2.49. The summed E-state index contributed by atoms with van der Waals surface area (Å²) in [6.07, 6.45) is 0.717. The predicted octanol–water partition coefficient (Wildman–Crippen LogP) is 3.69. The first-order chi connectivity index (χ1) is 15.5. The van der Waals surface area contributed by atoms with Gasteiger partial charge in [0, 0.05) is 31.1 Å². The Morgan fingerprint density at radius 2 is 1.74 bits per heavy atom. The molecule has 0 aliphatic carbocycles. The van der Waals surface area contributed by atoms with Gasteiger partial charge in [-0.25, -0.2) is 27.2 Å². The fourth-order valence-corrected chi connectivity index (χ4v) is 4.59. The van der Waals surface area contributed by atoms with E-state index in [1.165, 1.54) is 16.1 Å². The number of carbonyl (C=O) groups excluding carboxylic acids is 1. The lowest BCUT2D eigenvalue weighted by molar-refractivity contribution is 0.0519. The number of nitrogens with one attached hydrogen (secondary N) is 1. The summed E-state index contributed by atoms with van der Waals surface area (Å²) < 4.78 is 32.3. The number of rotatable bonds is 6. The van der Waals surface area contributed by atoms with E-state index >= 15 is 0 Å². The Balaban J connectivity index is 1.85. The van der Waals surface area contributed by atoms with Crippen molar-refractivity contribution in [2.45, 2.75) is 71.4 Å². The maximum atomic E-state index is 12.1. The fourth-order valence-electron chi connectivity index (χ4n) is 3.68. The normalized spacial score (nSPS) is 16.7. The van der Waals surface area contributed by atoms with Gasteiger partial charge in [0.05, 0.1) is 12.3 Å². The van der Waals surface area contributed by atoms with Gasteiger partial charge in [-0.1, -0.05) is 45.0 Å². The molecular formula is C24H37N5O4S. The number of amides is 1. The fraction of sp³-hybridized carbons (Fsp3) is 0.625. The molecule has 34 heavy (non-hydrogen) atoms. The molecule has 0 bridgehead atoms. The van der Waals surface area contributed by atoms with Gasteiger partial charge in [-0.3, -0.25) is 0 Å². The molecule has 1 unspecified atom stereocenters. The Bertz CT molecular complexity index is 1120. The summed E-state index contributed by atoms with van der Waals surface area (Å²) in [5, 5.41) is 7.55. The van der Waals surface area contributed by atoms with Crippen molar-refractivity contribution in [1.82, 2.24) is 24.4 Å². The molecule has 1 N–H and O–H groups in total. The van der Waals surface area contributed by atoms with Crippen LogP contribution in [0.5, 0.6) is 0 Å². The smallest absolute Gasteiger partial charge is 0.407 e. The number of alkyl carbamates (subject to hydrolysis) is 1. The molecule has 188 valence electrons. The molecule has 1 atom stereocenters. The van der Waals surface area contributed by atoms with Gasteiger partial charge < -0.3 is 10.1 Å². The molecule has 9 nitrogen and oxygen atoms in total. The highest BCUT2D eigenvalue weighted by molar-refractivity contribution is 7.88. The third-order valence-corrected chi connectivity index (χ3v) is 6.94. The lowest BCUT2D eigenvalue weighted by Gasteiger charge is -2.36. The lowest BCUT2D eigenvalue weighted by atomic mass is 9.87. The van der Waals surface area contributed by atoms with Gasteiger partial charge in [-0.15, -0.1) is 0 Å². The number of benzene rings is 1. The van der Waals surface area contributed by atoms with Crippen LogP contribution < -0.4 is 5.32 Å². The number of aromatic nitrogens is 3. The SMILES string of the molecule is CC(CNC(=O)OC(C)(C)C)n1nc(-c2ccc(C(C)(C)C)cc2)nc1C1CN(S(C)(=O)=O)C1. The van der Waals surface area contributed by atoms with E-state index in [0.717, 1.165) is 5.56 Å². The van der Waals surface area contributed by atoms with Gasteiger partial charge in [0.15, 0.2) is 5.82 Å². The molecular weight excluding hydrogens is 454 g/mol. The van der Waals surface area contributed by atoms with Gasteiger partial charge in [0.1, 0.15) is 11.4 Å². The Morgan fingerprint density at radius 1 is 1.15 bits per heavy atom. The average molecular weight is 492 g/mol. The van der Waals surface area contributed by atoms with E-state index in [4.69, 9.17) is 14.8 Å². The molecule has 0 spiro atoms. The third-order valence-electron chi connectivity index (χ3n) is 5.71.